The van der Waals surface area contributed by atoms with Crippen LogP contribution in [-0.4, -0.2) is 71.2 Å². The van der Waals surface area contributed by atoms with Crippen LogP contribution < -0.4 is 34.9 Å². The first kappa shape index (κ1) is 23.9. The van der Waals surface area contributed by atoms with E-state index in [9.17, 15) is 24.3 Å². The van der Waals surface area contributed by atoms with Gasteiger partial charge in [-0.2, -0.15) is 0 Å². The number of esters is 1. The Kier molecular flexibility index (Phi) is 9.20. The van der Waals surface area contributed by atoms with Crippen LogP contribution in [0.2, 0.25) is 0 Å². The minimum atomic E-state index is -1.04. The number of rotatable bonds is 8. The molecule has 9 nitrogen and oxygen atoms in total. The molecule has 0 saturated carbocycles. The van der Waals surface area contributed by atoms with Crippen molar-refractivity contribution in [3.8, 4) is 0 Å². The van der Waals surface area contributed by atoms with Crippen molar-refractivity contribution in [2.45, 2.75) is 64.3 Å². The fourth-order valence-corrected chi connectivity index (χ4v) is 3.10. The van der Waals surface area contributed by atoms with Gasteiger partial charge in [-0.15, -0.1) is 0 Å². The Balaban J connectivity index is 0.00000364. The van der Waals surface area contributed by atoms with Crippen LogP contribution >= 0.6 is 0 Å². The minimum Gasteiger partial charge on any atom is -1.00 e. The molecular formula is C17H27N2NaO7. The van der Waals surface area contributed by atoms with Crippen LogP contribution in [0.15, 0.2) is 0 Å². The molecule has 0 aliphatic carbocycles. The standard InChI is InChI=1S/C17H26N2O7.Na.H/c1-4-9(3)11(15(21)19-8-6-7-10(19)16(22)23)18-14(20)12-13(26-12)17(24)25-5-2;;/h9-13H,4-8H2,1-3H3,(H,18,20)(H,22,23);;/q;+1;-1/t9?,10-,11-,12?,13?;;/m0../s1. The number of carbonyl (C=O) groups is 4. The summed E-state index contributed by atoms with van der Waals surface area (Å²) in [4.78, 5) is 49.5. The maximum absolute atomic E-state index is 12.9. The second kappa shape index (κ2) is 10.4. The number of amides is 2. The Morgan fingerprint density at radius 1 is 1.30 bits per heavy atom. The third-order valence-corrected chi connectivity index (χ3v) is 4.87. The zero-order valence-corrected chi connectivity index (χ0v) is 18.3. The molecule has 0 spiro atoms. The van der Waals surface area contributed by atoms with Gasteiger partial charge in [0.1, 0.15) is 12.1 Å². The first-order valence-electron chi connectivity index (χ1n) is 8.97. The summed E-state index contributed by atoms with van der Waals surface area (Å²) in [6.45, 7) is 5.88. The van der Waals surface area contributed by atoms with Gasteiger partial charge in [-0.1, -0.05) is 20.3 Å². The summed E-state index contributed by atoms with van der Waals surface area (Å²) in [5, 5.41) is 11.9. The van der Waals surface area contributed by atoms with E-state index in [0.29, 0.717) is 25.8 Å². The van der Waals surface area contributed by atoms with E-state index in [4.69, 9.17) is 9.47 Å². The number of carbonyl (C=O) groups excluding carboxylic acids is 3. The molecule has 2 saturated heterocycles. The van der Waals surface area contributed by atoms with Gasteiger partial charge in [0.2, 0.25) is 5.91 Å². The third-order valence-electron chi connectivity index (χ3n) is 4.87. The zero-order chi connectivity index (χ0) is 19.4. The molecule has 148 valence electrons. The van der Waals surface area contributed by atoms with Crippen LogP contribution in [0.3, 0.4) is 0 Å². The van der Waals surface area contributed by atoms with Crippen molar-refractivity contribution in [2.75, 3.05) is 13.2 Å². The Morgan fingerprint density at radius 3 is 2.52 bits per heavy atom. The predicted molar refractivity (Wildman–Crippen MR) is 90.2 cm³/mol. The van der Waals surface area contributed by atoms with Crippen LogP contribution in [0.4, 0.5) is 0 Å². The number of hydrogen-bond donors (Lipinski definition) is 2. The molecule has 0 aromatic heterocycles. The van der Waals surface area contributed by atoms with Crippen LogP contribution in [-0.2, 0) is 28.7 Å². The van der Waals surface area contributed by atoms with E-state index < -0.39 is 48.0 Å². The van der Waals surface area contributed by atoms with Gasteiger partial charge < -0.3 is 26.2 Å². The maximum atomic E-state index is 12.9. The molecule has 0 bridgehead atoms. The second-order valence-electron chi connectivity index (χ2n) is 6.63. The van der Waals surface area contributed by atoms with E-state index in [-0.39, 0.29) is 43.5 Å². The van der Waals surface area contributed by atoms with E-state index in [1.807, 2.05) is 13.8 Å². The van der Waals surface area contributed by atoms with Gasteiger partial charge in [0, 0.05) is 6.54 Å². The molecule has 2 aliphatic rings. The van der Waals surface area contributed by atoms with E-state index in [1.165, 1.54) is 4.90 Å². The quantitative estimate of drug-likeness (QED) is 0.256. The van der Waals surface area contributed by atoms with Gasteiger partial charge in [0.15, 0.2) is 12.2 Å². The summed E-state index contributed by atoms with van der Waals surface area (Å²) in [7, 11) is 0. The van der Waals surface area contributed by atoms with Gasteiger partial charge in [0.25, 0.3) is 5.91 Å². The van der Waals surface area contributed by atoms with Crippen molar-refractivity contribution < 1.29 is 64.7 Å². The number of nitrogens with one attached hydrogen (secondary N) is 1. The van der Waals surface area contributed by atoms with Crippen molar-refractivity contribution >= 4 is 23.8 Å². The fraction of sp³-hybridized carbons (Fsp3) is 0.765. The van der Waals surface area contributed by atoms with E-state index >= 15 is 0 Å². The molecule has 0 aromatic rings. The molecule has 3 unspecified atom stereocenters. The fourth-order valence-electron chi connectivity index (χ4n) is 3.10. The van der Waals surface area contributed by atoms with Crippen LogP contribution in [0.1, 0.15) is 41.5 Å². The molecule has 2 amide bonds. The number of aliphatic carboxylic acids is 1. The molecule has 10 heteroatoms. The number of ether oxygens (including phenoxy) is 2. The van der Waals surface area contributed by atoms with E-state index in [1.54, 1.807) is 6.92 Å². The number of carboxylic acid groups (broad SMARTS) is 1. The molecule has 2 N–H and O–H groups in total. The summed E-state index contributed by atoms with van der Waals surface area (Å²) in [5.74, 6) is -2.82. The van der Waals surface area contributed by atoms with Gasteiger partial charge in [-0.05, 0) is 25.7 Å². The first-order valence-corrected chi connectivity index (χ1v) is 8.97. The van der Waals surface area contributed by atoms with Gasteiger partial charge >= 0.3 is 41.5 Å². The summed E-state index contributed by atoms with van der Waals surface area (Å²) in [6.07, 6.45) is -0.280. The Bertz CT molecular complexity index is 592. The molecular weight excluding hydrogens is 367 g/mol. The average molecular weight is 394 g/mol. The molecule has 2 aliphatic heterocycles. The van der Waals surface area contributed by atoms with E-state index in [0.717, 1.165) is 0 Å². The molecule has 0 aromatic carbocycles. The minimum absolute atomic E-state index is 0. The number of carboxylic acids is 1. The molecule has 0 radical (unpaired) electrons. The SMILES string of the molecule is CCOC(=O)C1OC1C(=O)N[C@H](C(=O)N1CCC[C@H]1C(=O)O)C(C)CC.[H-].[Na+]. The Morgan fingerprint density at radius 2 is 1.96 bits per heavy atom. The first-order chi connectivity index (χ1) is 12.3. The van der Waals surface area contributed by atoms with Gasteiger partial charge in [-0.25, -0.2) is 9.59 Å². The third kappa shape index (κ3) is 5.66. The largest absolute Gasteiger partial charge is 1.00 e. The number of nitrogens with zero attached hydrogens (tertiary/aromatic N) is 1. The normalized spacial score (nSPS) is 25.7. The molecule has 2 rings (SSSR count). The number of hydrogen-bond acceptors (Lipinski definition) is 6. The number of epoxide rings is 1. The van der Waals surface area contributed by atoms with Gasteiger partial charge in [-0.3, -0.25) is 9.59 Å². The molecule has 27 heavy (non-hydrogen) atoms. The predicted octanol–water partition coefficient (Wildman–Crippen LogP) is -2.96. The summed E-state index contributed by atoms with van der Waals surface area (Å²) < 4.78 is 9.87. The molecule has 5 atom stereocenters. The van der Waals surface area contributed by atoms with Crippen LogP contribution in [0.5, 0.6) is 0 Å². The van der Waals surface area contributed by atoms with E-state index in [2.05, 4.69) is 5.32 Å². The second-order valence-corrected chi connectivity index (χ2v) is 6.63. The number of likely N-dealkylation sites (tertiary alicyclic amines) is 1. The zero-order valence-electron chi connectivity index (χ0n) is 17.3. The maximum Gasteiger partial charge on any atom is 1.00 e. The molecule has 2 heterocycles. The topological polar surface area (TPSA) is 126 Å². The van der Waals surface area contributed by atoms with Crippen LogP contribution in [0, 0.1) is 5.92 Å². The smallest absolute Gasteiger partial charge is 1.00 e. The van der Waals surface area contributed by atoms with Crippen molar-refractivity contribution in [1.29, 1.82) is 0 Å². The summed E-state index contributed by atoms with van der Waals surface area (Å²) >= 11 is 0. The summed E-state index contributed by atoms with van der Waals surface area (Å²) in [6, 6.07) is -1.73. The molecule has 2 fully saturated rings. The van der Waals surface area contributed by atoms with Crippen LogP contribution in [0.25, 0.3) is 0 Å². The monoisotopic (exact) mass is 394 g/mol. The summed E-state index contributed by atoms with van der Waals surface area (Å²) in [5.41, 5.74) is 0. The Labute approximate surface area is 181 Å². The van der Waals surface area contributed by atoms with Crippen molar-refractivity contribution in [2.24, 2.45) is 5.92 Å². The van der Waals surface area contributed by atoms with Crippen molar-refractivity contribution in [1.82, 2.24) is 10.2 Å². The average Bonchev–Trinajstić information content (AvgIpc) is 3.26. The van der Waals surface area contributed by atoms with Crippen molar-refractivity contribution in [3.63, 3.8) is 0 Å². The Hall–Kier alpha value is -1.16. The van der Waals surface area contributed by atoms with Gasteiger partial charge in [0.05, 0.1) is 6.61 Å². The van der Waals surface area contributed by atoms with Crippen molar-refractivity contribution in [3.05, 3.63) is 0 Å².